The minimum atomic E-state index is -0.251. The van der Waals surface area contributed by atoms with Gasteiger partial charge in [0, 0.05) is 0 Å². The normalized spacial score (nSPS) is 10.3. The molecule has 0 aromatic heterocycles. The minimum absolute atomic E-state index is 0.251. The van der Waals surface area contributed by atoms with Crippen molar-refractivity contribution in [3.05, 3.63) is 71.8 Å². The number of hydrogen-bond acceptors (Lipinski definition) is 8. The van der Waals surface area contributed by atoms with E-state index in [0.717, 1.165) is 11.1 Å². The number of esters is 2. The second kappa shape index (κ2) is 13.0. The third kappa shape index (κ3) is 9.47. The van der Waals surface area contributed by atoms with Gasteiger partial charge in [0.1, 0.15) is 24.7 Å². The van der Waals surface area contributed by atoms with Crippen molar-refractivity contribution in [1.82, 2.24) is 0 Å². The molecule has 138 valence electrons. The van der Waals surface area contributed by atoms with E-state index in [-0.39, 0.29) is 23.4 Å². The third-order valence-corrected chi connectivity index (χ3v) is 9.10. The van der Waals surface area contributed by atoms with Gasteiger partial charge >= 0.3 is 11.9 Å². The van der Waals surface area contributed by atoms with Crippen LogP contribution < -0.4 is 0 Å². The van der Waals surface area contributed by atoms with Gasteiger partial charge in [0.2, 0.25) is 0 Å². The van der Waals surface area contributed by atoms with Crippen LogP contribution in [0.4, 0.5) is 0 Å². The van der Waals surface area contributed by atoms with Crippen LogP contribution in [0.1, 0.15) is 11.1 Å². The van der Waals surface area contributed by atoms with Crippen LogP contribution >= 0.6 is 41.2 Å². The van der Waals surface area contributed by atoms with E-state index in [4.69, 9.17) is 9.47 Å². The van der Waals surface area contributed by atoms with Gasteiger partial charge < -0.3 is 9.47 Å². The topological polar surface area (TPSA) is 52.6 Å². The summed E-state index contributed by atoms with van der Waals surface area (Å²) in [6, 6.07) is 19.1. The van der Waals surface area contributed by atoms with Crippen LogP contribution in [-0.2, 0) is 32.3 Å². The zero-order valence-electron chi connectivity index (χ0n) is 13.9. The Hall–Kier alpha value is -1.22. The summed E-state index contributed by atoms with van der Waals surface area (Å²) in [6.07, 6.45) is 0. The maximum absolute atomic E-state index is 11.6. The third-order valence-electron chi connectivity index (χ3n) is 2.96. The Bertz CT molecular complexity index is 608. The highest BCUT2D eigenvalue weighted by molar-refractivity contribution is 9.26. The van der Waals surface area contributed by atoms with Crippen molar-refractivity contribution < 1.29 is 19.1 Å². The summed E-state index contributed by atoms with van der Waals surface area (Å²) in [5, 5.41) is 0. The maximum Gasteiger partial charge on any atom is 0.317 e. The second-order valence-corrected chi connectivity index (χ2v) is 11.0. The Balaban J connectivity index is 1.45. The molecule has 0 N–H and O–H groups in total. The van der Waals surface area contributed by atoms with Crippen molar-refractivity contribution in [3.63, 3.8) is 0 Å². The molecule has 0 radical (unpaired) electrons. The molecular weight excluding hydrogens is 408 g/mol. The molecule has 0 bridgehead atoms. The van der Waals surface area contributed by atoms with Crippen LogP contribution in [0, 0.1) is 0 Å². The fourth-order valence-electron chi connectivity index (χ4n) is 1.74. The van der Waals surface area contributed by atoms with Crippen LogP contribution in [0.15, 0.2) is 60.7 Å². The van der Waals surface area contributed by atoms with Gasteiger partial charge in [-0.15, -0.1) is 0 Å². The van der Waals surface area contributed by atoms with E-state index in [2.05, 4.69) is 0 Å². The molecule has 4 nitrogen and oxygen atoms in total. The Morgan fingerprint density at radius 2 is 1.04 bits per heavy atom. The fourth-order valence-corrected chi connectivity index (χ4v) is 7.07. The molecule has 2 aromatic carbocycles. The quantitative estimate of drug-likeness (QED) is 0.278. The average molecular weight is 427 g/mol. The van der Waals surface area contributed by atoms with Gasteiger partial charge in [-0.3, -0.25) is 9.59 Å². The van der Waals surface area contributed by atoms with Crippen LogP contribution in [-0.4, -0.2) is 23.4 Å². The molecule has 26 heavy (non-hydrogen) atoms. The van der Waals surface area contributed by atoms with E-state index in [1.54, 1.807) is 0 Å². The van der Waals surface area contributed by atoms with Gasteiger partial charge in [0.25, 0.3) is 0 Å². The van der Waals surface area contributed by atoms with Crippen molar-refractivity contribution in [3.8, 4) is 0 Å². The van der Waals surface area contributed by atoms with Crippen molar-refractivity contribution in [2.75, 3.05) is 11.5 Å². The first-order valence-corrected chi connectivity index (χ1v) is 12.9. The first kappa shape index (κ1) is 21.1. The molecule has 0 saturated carbocycles. The van der Waals surface area contributed by atoms with E-state index in [1.807, 2.05) is 60.7 Å². The first-order chi connectivity index (χ1) is 12.7. The molecule has 0 spiro atoms. The highest BCUT2D eigenvalue weighted by Gasteiger charge is 2.07. The van der Waals surface area contributed by atoms with E-state index >= 15 is 0 Å². The first-order valence-electron chi connectivity index (χ1n) is 7.71. The molecule has 0 atom stereocenters. The Morgan fingerprint density at radius 1 is 0.654 bits per heavy atom. The molecule has 0 amide bonds. The summed E-state index contributed by atoms with van der Waals surface area (Å²) in [6.45, 7) is 0.583. The van der Waals surface area contributed by atoms with E-state index in [0.29, 0.717) is 13.2 Å². The summed E-state index contributed by atoms with van der Waals surface area (Å²) in [5.41, 5.74) is 1.94. The van der Waals surface area contributed by atoms with Gasteiger partial charge in [-0.1, -0.05) is 82.3 Å². The molecule has 0 heterocycles. The van der Waals surface area contributed by atoms with Crippen molar-refractivity contribution >= 4 is 53.2 Å². The molecule has 0 unspecified atom stereocenters. The fraction of sp³-hybridized carbons (Fsp3) is 0.222. The highest BCUT2D eigenvalue weighted by Crippen LogP contribution is 2.42. The smallest absolute Gasteiger partial charge is 0.317 e. The van der Waals surface area contributed by atoms with E-state index in [9.17, 15) is 9.59 Å². The maximum atomic E-state index is 11.6. The average Bonchev–Trinajstić information content (AvgIpc) is 2.69. The predicted molar refractivity (Wildman–Crippen MR) is 113 cm³/mol. The Morgan fingerprint density at radius 3 is 1.42 bits per heavy atom. The largest absolute Gasteiger partial charge is 0.460 e. The summed E-state index contributed by atoms with van der Waals surface area (Å²) in [5.74, 6) is 0.0333. The van der Waals surface area contributed by atoms with Crippen LogP contribution in [0.25, 0.3) is 0 Å². The van der Waals surface area contributed by atoms with Crippen LogP contribution in [0.5, 0.6) is 0 Å². The zero-order chi connectivity index (χ0) is 18.5. The van der Waals surface area contributed by atoms with Gasteiger partial charge in [0.05, 0.1) is 0 Å². The van der Waals surface area contributed by atoms with E-state index in [1.165, 1.54) is 41.2 Å². The summed E-state index contributed by atoms with van der Waals surface area (Å²) in [7, 11) is 5.68. The van der Waals surface area contributed by atoms with Crippen molar-refractivity contribution in [2.24, 2.45) is 0 Å². The van der Waals surface area contributed by atoms with Gasteiger partial charge in [-0.05, 0) is 30.8 Å². The standard InChI is InChI=1S/C18H18O4S4/c19-17(21-11-15-7-3-1-4-8-15)13-23-25-26-24-14-18(20)22-12-16-9-5-2-6-10-16/h1-10H,11-14H2. The number of carbonyl (C=O) groups excluding carboxylic acids is 2. The monoisotopic (exact) mass is 426 g/mol. The lowest BCUT2D eigenvalue weighted by atomic mass is 10.2. The van der Waals surface area contributed by atoms with Crippen LogP contribution in [0.3, 0.4) is 0 Å². The Labute approximate surface area is 168 Å². The number of ether oxygens (including phenoxy) is 2. The van der Waals surface area contributed by atoms with Crippen molar-refractivity contribution in [1.29, 1.82) is 0 Å². The minimum Gasteiger partial charge on any atom is -0.460 e. The highest BCUT2D eigenvalue weighted by atomic mass is 33.7. The Kier molecular flexibility index (Phi) is 10.6. The van der Waals surface area contributed by atoms with Crippen LogP contribution in [0.2, 0.25) is 0 Å². The predicted octanol–water partition coefficient (Wildman–Crippen LogP) is 5.15. The molecule has 8 heteroatoms. The summed E-state index contributed by atoms with van der Waals surface area (Å²) < 4.78 is 10.4. The SMILES string of the molecule is O=C(CSSSSCC(=O)OCc1ccccc1)OCc1ccccc1. The summed E-state index contributed by atoms with van der Waals surface area (Å²) in [4.78, 5) is 23.3. The summed E-state index contributed by atoms with van der Waals surface area (Å²) >= 11 is 0. The number of hydrogen-bond donors (Lipinski definition) is 0. The van der Waals surface area contributed by atoms with Gasteiger partial charge in [-0.25, -0.2) is 0 Å². The molecule has 0 aliphatic carbocycles. The molecule has 2 rings (SSSR count). The van der Waals surface area contributed by atoms with Gasteiger partial charge in [0.15, 0.2) is 0 Å². The molecule has 0 saturated heterocycles. The number of benzene rings is 2. The lowest BCUT2D eigenvalue weighted by Gasteiger charge is -2.05. The molecule has 0 fully saturated rings. The number of carbonyl (C=O) groups is 2. The zero-order valence-corrected chi connectivity index (χ0v) is 17.1. The lowest BCUT2D eigenvalue weighted by molar-refractivity contribution is -0.142. The van der Waals surface area contributed by atoms with Gasteiger partial charge in [-0.2, -0.15) is 0 Å². The molecule has 2 aromatic rings. The molecule has 0 aliphatic rings. The molecular formula is C18H18O4S4. The lowest BCUT2D eigenvalue weighted by Crippen LogP contribution is -2.06. The second-order valence-electron chi connectivity index (χ2n) is 4.95. The van der Waals surface area contributed by atoms with Crippen molar-refractivity contribution in [2.45, 2.75) is 13.2 Å². The molecule has 0 aliphatic heterocycles. The van der Waals surface area contributed by atoms with E-state index < -0.39 is 0 Å². The number of rotatable bonds is 11.